The zero-order valence-corrected chi connectivity index (χ0v) is 17.4. The highest BCUT2D eigenvalue weighted by molar-refractivity contribution is 5.90. The molecule has 0 unspecified atom stereocenters. The topological polar surface area (TPSA) is 42.0 Å². The molecule has 1 spiro atoms. The fourth-order valence-electron chi connectivity index (χ4n) is 5.95. The standard InChI is InChI=1S/C24H27FN2O3/c1-29-18-8-9-20(25)19(13-18)21-12-17-15-26(14-16-6-3-4-7-22(16)30-2)23(28)24(17)10-5-11-27(21)24/h3-4,6-9,13,17,21H,5,10-12,14-15H2,1-2H3/t17-,21-,24-/m0/s1. The van der Waals surface area contributed by atoms with Crippen LogP contribution in [-0.2, 0) is 11.3 Å². The molecule has 2 aromatic carbocycles. The predicted octanol–water partition coefficient (Wildman–Crippen LogP) is 3.78. The van der Waals surface area contributed by atoms with E-state index in [0.717, 1.165) is 37.1 Å². The average Bonchev–Trinajstić information content (AvgIpc) is 3.40. The molecule has 3 atom stereocenters. The van der Waals surface area contributed by atoms with Crippen LogP contribution in [0.2, 0.25) is 0 Å². The molecule has 3 aliphatic heterocycles. The minimum absolute atomic E-state index is 0.0787. The van der Waals surface area contributed by atoms with Crippen LogP contribution in [0.4, 0.5) is 4.39 Å². The van der Waals surface area contributed by atoms with E-state index in [2.05, 4.69) is 4.90 Å². The highest BCUT2D eigenvalue weighted by Crippen LogP contribution is 2.56. The third kappa shape index (κ3) is 2.73. The van der Waals surface area contributed by atoms with Crippen molar-refractivity contribution in [2.24, 2.45) is 5.92 Å². The minimum atomic E-state index is -0.498. The summed E-state index contributed by atoms with van der Waals surface area (Å²) in [5.74, 6) is 1.63. The van der Waals surface area contributed by atoms with E-state index >= 15 is 0 Å². The van der Waals surface area contributed by atoms with Crippen LogP contribution in [-0.4, -0.2) is 48.6 Å². The molecule has 0 aliphatic carbocycles. The zero-order valence-electron chi connectivity index (χ0n) is 17.4. The molecule has 3 heterocycles. The second kappa shape index (κ2) is 7.27. The molecule has 3 aliphatic rings. The number of methoxy groups -OCH3 is 2. The van der Waals surface area contributed by atoms with Gasteiger partial charge in [-0.25, -0.2) is 4.39 Å². The first-order valence-electron chi connectivity index (χ1n) is 10.6. The van der Waals surface area contributed by atoms with Gasteiger partial charge in [-0.3, -0.25) is 9.69 Å². The summed E-state index contributed by atoms with van der Waals surface area (Å²) < 4.78 is 25.5. The highest BCUT2D eigenvalue weighted by Gasteiger charge is 2.65. The Kier molecular flexibility index (Phi) is 4.69. The second-order valence-electron chi connectivity index (χ2n) is 8.55. The first kappa shape index (κ1) is 19.4. The number of ether oxygens (including phenoxy) is 2. The molecule has 5 nitrogen and oxygen atoms in total. The van der Waals surface area contributed by atoms with Crippen LogP contribution in [0.25, 0.3) is 0 Å². The van der Waals surface area contributed by atoms with Gasteiger partial charge in [-0.1, -0.05) is 18.2 Å². The third-order valence-electron chi connectivity index (χ3n) is 7.24. The molecule has 0 aromatic heterocycles. The largest absolute Gasteiger partial charge is 0.497 e. The maximum absolute atomic E-state index is 14.7. The summed E-state index contributed by atoms with van der Waals surface area (Å²) >= 11 is 0. The van der Waals surface area contributed by atoms with Crippen molar-refractivity contribution in [2.45, 2.75) is 37.4 Å². The Balaban J connectivity index is 1.44. The maximum atomic E-state index is 14.7. The van der Waals surface area contributed by atoms with Gasteiger partial charge in [0.2, 0.25) is 5.91 Å². The Bertz CT molecular complexity index is 981. The van der Waals surface area contributed by atoms with E-state index in [1.165, 1.54) is 6.07 Å². The molecule has 2 aromatic rings. The van der Waals surface area contributed by atoms with Crippen molar-refractivity contribution >= 4 is 5.91 Å². The number of para-hydroxylation sites is 1. The molecule has 3 fully saturated rings. The molecule has 0 N–H and O–H groups in total. The van der Waals surface area contributed by atoms with Crippen LogP contribution in [0.5, 0.6) is 11.5 Å². The van der Waals surface area contributed by atoms with Crippen molar-refractivity contribution in [1.82, 2.24) is 9.80 Å². The number of amides is 1. The number of likely N-dealkylation sites (tertiary alicyclic amines) is 1. The molecule has 1 amide bonds. The second-order valence-corrected chi connectivity index (χ2v) is 8.55. The van der Waals surface area contributed by atoms with E-state index in [0.29, 0.717) is 24.4 Å². The highest BCUT2D eigenvalue weighted by atomic mass is 19.1. The number of hydrogen-bond acceptors (Lipinski definition) is 4. The van der Waals surface area contributed by atoms with E-state index in [1.54, 1.807) is 26.4 Å². The van der Waals surface area contributed by atoms with Crippen LogP contribution < -0.4 is 9.47 Å². The fourth-order valence-corrected chi connectivity index (χ4v) is 5.95. The first-order valence-corrected chi connectivity index (χ1v) is 10.6. The van der Waals surface area contributed by atoms with Gasteiger partial charge in [0.15, 0.2) is 0 Å². The summed E-state index contributed by atoms with van der Waals surface area (Å²) in [5, 5.41) is 0. The predicted molar refractivity (Wildman–Crippen MR) is 111 cm³/mol. The molecule has 0 bridgehead atoms. The van der Waals surface area contributed by atoms with E-state index in [-0.39, 0.29) is 23.7 Å². The van der Waals surface area contributed by atoms with Crippen molar-refractivity contribution in [2.75, 3.05) is 27.3 Å². The van der Waals surface area contributed by atoms with Crippen LogP contribution in [0.1, 0.15) is 36.4 Å². The van der Waals surface area contributed by atoms with Gasteiger partial charge in [0.05, 0.1) is 14.2 Å². The number of rotatable bonds is 5. The van der Waals surface area contributed by atoms with Gasteiger partial charge in [0, 0.05) is 36.2 Å². The molecule has 3 saturated heterocycles. The number of halogens is 1. The smallest absolute Gasteiger partial charge is 0.243 e. The number of nitrogens with zero attached hydrogens (tertiary/aromatic N) is 2. The lowest BCUT2D eigenvalue weighted by Crippen LogP contribution is -2.49. The summed E-state index contributed by atoms with van der Waals surface area (Å²) in [5.41, 5.74) is 1.17. The van der Waals surface area contributed by atoms with E-state index < -0.39 is 5.54 Å². The van der Waals surface area contributed by atoms with Gasteiger partial charge < -0.3 is 14.4 Å². The SMILES string of the molecule is COc1ccc(F)c([C@@H]2C[C@H]3CN(Cc4ccccc4OC)C(=O)[C@]34CCCN24)c1. The molecule has 0 saturated carbocycles. The number of benzene rings is 2. The Morgan fingerprint density at radius 3 is 2.80 bits per heavy atom. The molecule has 30 heavy (non-hydrogen) atoms. The Morgan fingerprint density at radius 2 is 2.00 bits per heavy atom. The maximum Gasteiger partial charge on any atom is 0.243 e. The average molecular weight is 410 g/mol. The lowest BCUT2D eigenvalue weighted by molar-refractivity contribution is -0.137. The summed E-state index contributed by atoms with van der Waals surface area (Å²) in [6, 6.07) is 12.7. The van der Waals surface area contributed by atoms with Gasteiger partial charge in [0.25, 0.3) is 0 Å². The van der Waals surface area contributed by atoms with Crippen LogP contribution in [0, 0.1) is 11.7 Å². The van der Waals surface area contributed by atoms with Crippen molar-refractivity contribution in [3.05, 3.63) is 59.4 Å². The summed E-state index contributed by atoms with van der Waals surface area (Å²) in [6.07, 6.45) is 2.60. The number of carbonyl (C=O) groups is 1. The van der Waals surface area contributed by atoms with Gasteiger partial charge in [0.1, 0.15) is 22.9 Å². The number of carbonyl (C=O) groups excluding carboxylic acids is 1. The lowest BCUT2D eigenvalue weighted by Gasteiger charge is -2.34. The Labute approximate surface area is 176 Å². The molecule has 5 rings (SSSR count). The van der Waals surface area contributed by atoms with E-state index in [4.69, 9.17) is 9.47 Å². The van der Waals surface area contributed by atoms with E-state index in [1.807, 2.05) is 29.2 Å². The van der Waals surface area contributed by atoms with Gasteiger partial charge in [-0.15, -0.1) is 0 Å². The van der Waals surface area contributed by atoms with Crippen molar-refractivity contribution < 1.29 is 18.7 Å². The molecular formula is C24H27FN2O3. The molecular weight excluding hydrogens is 383 g/mol. The summed E-state index contributed by atoms with van der Waals surface area (Å²) in [6.45, 7) is 2.08. The first-order chi connectivity index (χ1) is 14.6. The van der Waals surface area contributed by atoms with Crippen LogP contribution in [0.15, 0.2) is 42.5 Å². The monoisotopic (exact) mass is 410 g/mol. The zero-order chi connectivity index (χ0) is 20.9. The minimum Gasteiger partial charge on any atom is -0.497 e. The van der Waals surface area contributed by atoms with Gasteiger partial charge >= 0.3 is 0 Å². The van der Waals surface area contributed by atoms with Gasteiger partial charge in [-0.2, -0.15) is 0 Å². The fraction of sp³-hybridized carbons (Fsp3) is 0.458. The van der Waals surface area contributed by atoms with E-state index in [9.17, 15) is 9.18 Å². The Morgan fingerprint density at radius 1 is 1.17 bits per heavy atom. The van der Waals surface area contributed by atoms with Gasteiger partial charge in [-0.05, 0) is 50.1 Å². The summed E-state index contributed by atoms with van der Waals surface area (Å²) in [4.78, 5) is 18.0. The van der Waals surface area contributed by atoms with Crippen molar-refractivity contribution in [3.8, 4) is 11.5 Å². The Hall–Kier alpha value is -2.60. The quantitative estimate of drug-likeness (QED) is 0.752. The molecule has 158 valence electrons. The van der Waals surface area contributed by atoms with Crippen LogP contribution >= 0.6 is 0 Å². The third-order valence-corrected chi connectivity index (χ3v) is 7.24. The summed E-state index contributed by atoms with van der Waals surface area (Å²) in [7, 11) is 3.25. The van der Waals surface area contributed by atoms with Crippen molar-refractivity contribution in [3.63, 3.8) is 0 Å². The van der Waals surface area contributed by atoms with Crippen molar-refractivity contribution in [1.29, 1.82) is 0 Å². The lowest BCUT2D eigenvalue weighted by atomic mass is 9.85. The number of hydrogen-bond donors (Lipinski definition) is 0. The van der Waals surface area contributed by atoms with Crippen LogP contribution in [0.3, 0.4) is 0 Å². The molecule has 6 heteroatoms. The molecule has 0 radical (unpaired) electrons. The normalized spacial score (nSPS) is 28.0.